The van der Waals surface area contributed by atoms with Crippen molar-refractivity contribution in [1.82, 2.24) is 0 Å². The van der Waals surface area contributed by atoms with Crippen LogP contribution >= 0.6 is 0 Å². The quantitative estimate of drug-likeness (QED) is 0.165. The fraction of sp³-hybridized carbons (Fsp3) is 0.0429. The predicted octanol–water partition coefficient (Wildman–Crippen LogP) is 18.1. The first-order chi connectivity index (χ1) is 36.0. The van der Waals surface area contributed by atoms with E-state index in [1.807, 2.05) is 36.4 Å². The molecular formula is C70H45NO2. The summed E-state index contributed by atoms with van der Waals surface area (Å²) in [5.74, 6) is 1.69. The highest BCUT2D eigenvalue weighted by molar-refractivity contribution is 6.13. The maximum Gasteiger partial charge on any atom is 0.193 e. The lowest BCUT2D eigenvalue weighted by Crippen LogP contribution is -2.26. The molecule has 11 aromatic rings. The molecule has 3 heteroatoms. The van der Waals surface area contributed by atoms with E-state index in [1.165, 1.54) is 61.2 Å². The molecule has 0 unspecified atom stereocenters. The number of hydrogen-bond acceptors (Lipinski definition) is 3. The molecule has 4 aliphatic rings. The van der Waals surface area contributed by atoms with Crippen LogP contribution in [0.2, 0.25) is 0 Å². The molecule has 0 saturated carbocycles. The minimum atomic E-state index is -0.527. The number of hydrogen-bond donors (Lipinski definition) is 0. The summed E-state index contributed by atoms with van der Waals surface area (Å²) in [6.45, 7) is 4.43. The Hall–Kier alpha value is -9.31. The van der Waals surface area contributed by atoms with Crippen molar-refractivity contribution in [3.8, 4) is 89.4 Å². The molecule has 0 atom stereocenters. The van der Waals surface area contributed by atoms with E-state index in [9.17, 15) is 0 Å². The van der Waals surface area contributed by atoms with E-state index < -0.39 is 5.41 Å². The third kappa shape index (κ3) is 5.85. The number of carbonyl (C=O) groups excluding carboxylic acids is 1. The van der Waals surface area contributed by atoms with Gasteiger partial charge in [0.25, 0.3) is 0 Å². The lowest BCUT2D eigenvalue weighted by Gasteiger charge is -2.34. The van der Waals surface area contributed by atoms with Crippen molar-refractivity contribution in [2.75, 3.05) is 4.90 Å². The number of carbonyl (C=O) groups is 1. The summed E-state index contributed by atoms with van der Waals surface area (Å²) in [5.41, 5.74) is 27.5. The first kappa shape index (κ1) is 41.5. The third-order valence-corrected chi connectivity index (χ3v) is 16.1. The van der Waals surface area contributed by atoms with Crippen LogP contribution in [0.15, 0.2) is 237 Å². The molecule has 11 aromatic carbocycles. The summed E-state index contributed by atoms with van der Waals surface area (Å²) in [7, 11) is 0. The Balaban J connectivity index is 0.842. The lowest BCUT2D eigenvalue weighted by atomic mass is 9.70. The Morgan fingerprint density at radius 1 is 0.329 bits per heavy atom. The van der Waals surface area contributed by atoms with Crippen LogP contribution in [0.3, 0.4) is 0 Å². The molecule has 0 amide bonds. The first-order valence-electron chi connectivity index (χ1n) is 25.2. The van der Waals surface area contributed by atoms with Gasteiger partial charge in [-0.25, -0.2) is 0 Å². The fourth-order valence-electron chi connectivity index (χ4n) is 12.9. The van der Waals surface area contributed by atoms with Crippen LogP contribution in [0.4, 0.5) is 17.1 Å². The minimum absolute atomic E-state index is 0.00728. The predicted molar refractivity (Wildman–Crippen MR) is 298 cm³/mol. The summed E-state index contributed by atoms with van der Waals surface area (Å²) in [6.07, 6.45) is 0. The van der Waals surface area contributed by atoms with Crippen molar-refractivity contribution in [2.45, 2.75) is 19.3 Å². The highest BCUT2D eigenvalue weighted by Crippen LogP contribution is 2.63. The molecule has 0 N–H and O–H groups in total. The summed E-state index contributed by atoms with van der Waals surface area (Å²) in [6, 6.07) is 84.8. The summed E-state index contributed by atoms with van der Waals surface area (Å²) >= 11 is 0. The van der Waals surface area contributed by atoms with Crippen LogP contribution in [0.5, 0.6) is 11.5 Å². The molecule has 15 rings (SSSR count). The molecular weight excluding hydrogens is 887 g/mol. The number of aryl methyl sites for hydroxylation is 2. The van der Waals surface area contributed by atoms with Gasteiger partial charge in [-0.3, -0.25) is 4.79 Å². The largest absolute Gasteiger partial charge is 0.453 e. The van der Waals surface area contributed by atoms with E-state index in [0.29, 0.717) is 11.1 Å². The van der Waals surface area contributed by atoms with Gasteiger partial charge in [0.1, 0.15) is 0 Å². The van der Waals surface area contributed by atoms with Crippen molar-refractivity contribution >= 4 is 22.8 Å². The van der Waals surface area contributed by atoms with Crippen LogP contribution in [-0.2, 0) is 5.41 Å². The second-order valence-corrected chi connectivity index (χ2v) is 19.9. The van der Waals surface area contributed by atoms with Crippen LogP contribution in [-0.4, -0.2) is 5.78 Å². The second kappa shape index (κ2) is 15.6. The van der Waals surface area contributed by atoms with Crippen molar-refractivity contribution in [3.05, 3.63) is 281 Å². The highest BCUT2D eigenvalue weighted by Gasteiger charge is 2.51. The standard InChI is InChI=1S/C70H45NO2/c1-42-38-66(71-64-27-13-15-29-67(64)73-68-30-16-14-28-65(68)71)43(2)37-57(42)44-31-34-51-48-18-4-6-20-50(48)59-40-45(32-35-52(59)47-17-3-5-19-49(47)58(51)39-44)69(72)46-33-36-56-55-23-9-12-26-62(55)70(63(56)41-46)60-24-10-7-21-53(60)54-22-8-11-25-61(54)70/h3-41H,1-2H3. The molecule has 3 nitrogen and oxygen atoms in total. The Kier molecular flexibility index (Phi) is 8.86. The van der Waals surface area contributed by atoms with E-state index in [1.54, 1.807) is 0 Å². The maximum absolute atomic E-state index is 15.2. The van der Waals surface area contributed by atoms with Gasteiger partial charge in [-0.05, 0) is 180 Å². The molecule has 1 aliphatic heterocycles. The molecule has 0 radical (unpaired) electrons. The molecule has 0 fully saturated rings. The van der Waals surface area contributed by atoms with Crippen LogP contribution in [0.1, 0.15) is 49.3 Å². The number of ketones is 1. The molecule has 73 heavy (non-hydrogen) atoms. The molecule has 1 spiro atoms. The second-order valence-electron chi connectivity index (χ2n) is 19.9. The average molecular weight is 932 g/mol. The summed E-state index contributed by atoms with van der Waals surface area (Å²) < 4.78 is 6.37. The normalized spacial score (nSPS) is 13.3. The molecule has 342 valence electrons. The number of anilines is 3. The number of para-hydroxylation sites is 4. The highest BCUT2D eigenvalue weighted by atomic mass is 16.5. The van der Waals surface area contributed by atoms with Gasteiger partial charge in [-0.2, -0.15) is 0 Å². The van der Waals surface area contributed by atoms with Gasteiger partial charge in [0.05, 0.1) is 16.8 Å². The Morgan fingerprint density at radius 3 is 1.30 bits per heavy atom. The van der Waals surface area contributed by atoms with Crippen molar-refractivity contribution in [1.29, 1.82) is 0 Å². The topological polar surface area (TPSA) is 29.5 Å². The zero-order chi connectivity index (χ0) is 48.5. The molecule has 1 heterocycles. The molecule has 0 saturated heterocycles. The number of benzene rings is 11. The zero-order valence-electron chi connectivity index (χ0n) is 40.3. The Labute approximate surface area is 424 Å². The van der Waals surface area contributed by atoms with Gasteiger partial charge in [-0.15, -0.1) is 0 Å². The summed E-state index contributed by atoms with van der Waals surface area (Å²) in [5, 5.41) is 0. The van der Waals surface area contributed by atoms with Crippen molar-refractivity contribution in [2.24, 2.45) is 0 Å². The van der Waals surface area contributed by atoms with E-state index >= 15 is 4.79 Å². The minimum Gasteiger partial charge on any atom is -0.453 e. The van der Waals surface area contributed by atoms with Gasteiger partial charge in [0.2, 0.25) is 0 Å². The van der Waals surface area contributed by atoms with E-state index in [2.05, 4.69) is 219 Å². The third-order valence-electron chi connectivity index (χ3n) is 16.1. The Bertz CT molecular complexity index is 4080. The fourth-order valence-corrected chi connectivity index (χ4v) is 12.9. The first-order valence-corrected chi connectivity index (χ1v) is 25.2. The number of ether oxygens (including phenoxy) is 1. The number of rotatable bonds is 4. The van der Waals surface area contributed by atoms with Crippen molar-refractivity contribution < 1.29 is 9.53 Å². The SMILES string of the molecule is Cc1cc(N2c3ccccc3Oc3ccccc32)c(C)cc1-c1ccc2c(c1)-c1ccccc1-c1ccc(C(=O)c3ccc4c(c3)C3(c5ccccc5-c5ccccc53)c3ccccc3-4)cc1-c1ccccc1-2. The zero-order valence-corrected chi connectivity index (χ0v) is 40.3. The monoisotopic (exact) mass is 931 g/mol. The van der Waals surface area contributed by atoms with Crippen LogP contribution in [0, 0.1) is 13.8 Å². The average Bonchev–Trinajstić information content (AvgIpc) is 3.92. The van der Waals surface area contributed by atoms with E-state index in [0.717, 1.165) is 78.6 Å². The smallest absolute Gasteiger partial charge is 0.193 e. The molecule has 3 aliphatic carbocycles. The number of nitrogens with zero attached hydrogens (tertiary/aromatic N) is 1. The summed E-state index contributed by atoms with van der Waals surface area (Å²) in [4.78, 5) is 17.6. The van der Waals surface area contributed by atoms with Gasteiger partial charge < -0.3 is 9.64 Å². The molecule has 0 aromatic heterocycles. The van der Waals surface area contributed by atoms with Gasteiger partial charge >= 0.3 is 0 Å². The van der Waals surface area contributed by atoms with Crippen LogP contribution in [0.25, 0.3) is 77.9 Å². The van der Waals surface area contributed by atoms with Crippen molar-refractivity contribution in [3.63, 3.8) is 0 Å². The number of fused-ring (bicyclic) bond motifs is 20. The van der Waals surface area contributed by atoms with E-state index in [4.69, 9.17) is 4.74 Å². The Morgan fingerprint density at radius 2 is 0.740 bits per heavy atom. The lowest BCUT2D eigenvalue weighted by molar-refractivity contribution is 0.103. The van der Waals surface area contributed by atoms with Gasteiger partial charge in [0.15, 0.2) is 17.3 Å². The maximum atomic E-state index is 15.2. The molecule has 0 bridgehead atoms. The van der Waals surface area contributed by atoms with Gasteiger partial charge in [0, 0.05) is 16.8 Å². The van der Waals surface area contributed by atoms with E-state index in [-0.39, 0.29) is 5.78 Å². The van der Waals surface area contributed by atoms with Gasteiger partial charge in [-0.1, -0.05) is 182 Å². The van der Waals surface area contributed by atoms with Crippen LogP contribution < -0.4 is 9.64 Å².